The Kier molecular flexibility index (Phi) is 4.24. The second-order valence-corrected chi connectivity index (χ2v) is 6.46. The number of benzene rings is 2. The van der Waals surface area contributed by atoms with E-state index < -0.39 is 31.3 Å². The van der Waals surface area contributed by atoms with Crippen LogP contribution in [0.1, 0.15) is 0 Å². The SMILES string of the molecule is O=[N+]([O-])c1cc(F)ccc1S(=O)(=O)Nc1ccccc1Br. The summed E-state index contributed by atoms with van der Waals surface area (Å²) in [6.45, 7) is 0. The molecular weight excluding hydrogens is 367 g/mol. The number of nitro benzene ring substituents is 1. The van der Waals surface area contributed by atoms with Crippen LogP contribution in [0.25, 0.3) is 0 Å². The lowest BCUT2D eigenvalue weighted by molar-refractivity contribution is -0.388. The molecule has 1 N–H and O–H groups in total. The maximum absolute atomic E-state index is 13.1. The lowest BCUT2D eigenvalue weighted by Crippen LogP contribution is -2.15. The second kappa shape index (κ2) is 5.78. The summed E-state index contributed by atoms with van der Waals surface area (Å²) in [6.07, 6.45) is 0. The predicted molar refractivity (Wildman–Crippen MR) is 78.0 cm³/mol. The van der Waals surface area contributed by atoms with Gasteiger partial charge in [0.25, 0.3) is 15.7 Å². The van der Waals surface area contributed by atoms with Crippen LogP contribution < -0.4 is 4.72 Å². The number of para-hydroxylation sites is 1. The molecule has 2 rings (SSSR count). The van der Waals surface area contributed by atoms with Crippen molar-refractivity contribution in [1.82, 2.24) is 0 Å². The summed E-state index contributed by atoms with van der Waals surface area (Å²) < 4.78 is 40.2. The van der Waals surface area contributed by atoms with Gasteiger partial charge in [0.2, 0.25) is 0 Å². The van der Waals surface area contributed by atoms with Crippen molar-refractivity contribution in [3.63, 3.8) is 0 Å². The fraction of sp³-hybridized carbons (Fsp3) is 0. The summed E-state index contributed by atoms with van der Waals surface area (Å²) in [5.74, 6) is -0.887. The highest BCUT2D eigenvalue weighted by atomic mass is 79.9. The predicted octanol–water partition coefficient (Wildman–Crippen LogP) is 3.30. The van der Waals surface area contributed by atoms with Gasteiger partial charge in [-0.25, -0.2) is 12.8 Å². The van der Waals surface area contributed by atoms with Gasteiger partial charge in [-0.15, -0.1) is 0 Å². The summed E-state index contributed by atoms with van der Waals surface area (Å²) in [7, 11) is -4.22. The van der Waals surface area contributed by atoms with Gasteiger partial charge in [0.05, 0.1) is 16.7 Å². The molecule has 2 aromatic rings. The van der Waals surface area contributed by atoms with E-state index in [1.807, 2.05) is 0 Å². The van der Waals surface area contributed by atoms with Crippen LogP contribution in [0.2, 0.25) is 0 Å². The molecule has 0 amide bonds. The molecule has 0 spiro atoms. The first kappa shape index (κ1) is 15.4. The van der Waals surface area contributed by atoms with E-state index in [2.05, 4.69) is 20.7 Å². The molecule has 0 aliphatic rings. The minimum Gasteiger partial charge on any atom is -0.278 e. The molecule has 0 heterocycles. The number of nitrogens with one attached hydrogen (secondary N) is 1. The molecule has 0 bridgehead atoms. The van der Waals surface area contributed by atoms with E-state index in [1.165, 1.54) is 6.07 Å². The van der Waals surface area contributed by atoms with Crippen LogP contribution in [-0.4, -0.2) is 13.3 Å². The molecule has 0 atom stereocenters. The second-order valence-electron chi connectivity index (χ2n) is 3.95. The van der Waals surface area contributed by atoms with Crippen LogP contribution in [0.15, 0.2) is 51.8 Å². The Morgan fingerprint density at radius 3 is 2.48 bits per heavy atom. The van der Waals surface area contributed by atoms with Gasteiger partial charge >= 0.3 is 0 Å². The largest absolute Gasteiger partial charge is 0.292 e. The van der Waals surface area contributed by atoms with Crippen LogP contribution in [0.3, 0.4) is 0 Å². The number of anilines is 1. The van der Waals surface area contributed by atoms with Gasteiger partial charge in [-0.2, -0.15) is 0 Å². The summed E-state index contributed by atoms with van der Waals surface area (Å²) in [5.41, 5.74) is -0.606. The number of hydrogen-bond donors (Lipinski definition) is 1. The molecule has 0 aromatic heterocycles. The van der Waals surface area contributed by atoms with E-state index >= 15 is 0 Å². The van der Waals surface area contributed by atoms with Gasteiger partial charge in [-0.3, -0.25) is 14.8 Å². The zero-order valence-corrected chi connectivity index (χ0v) is 12.7. The van der Waals surface area contributed by atoms with Crippen molar-refractivity contribution in [3.8, 4) is 0 Å². The van der Waals surface area contributed by atoms with Crippen molar-refractivity contribution in [2.24, 2.45) is 0 Å². The van der Waals surface area contributed by atoms with Crippen molar-refractivity contribution < 1.29 is 17.7 Å². The standard InChI is InChI=1S/C12H8BrFN2O4S/c13-9-3-1-2-4-10(9)15-21(19,20)12-6-5-8(14)7-11(12)16(17)18/h1-7,15H. The lowest BCUT2D eigenvalue weighted by atomic mass is 10.3. The molecule has 0 saturated carbocycles. The average Bonchev–Trinajstić information content (AvgIpc) is 2.40. The molecular formula is C12H8BrFN2O4S. The van der Waals surface area contributed by atoms with Gasteiger partial charge in [-0.05, 0) is 40.2 Å². The Morgan fingerprint density at radius 1 is 1.19 bits per heavy atom. The number of halogens is 2. The van der Waals surface area contributed by atoms with Crippen molar-refractivity contribution in [1.29, 1.82) is 0 Å². The first-order chi connectivity index (χ1) is 9.81. The van der Waals surface area contributed by atoms with E-state index in [-0.39, 0.29) is 5.69 Å². The third-order valence-corrected chi connectivity index (χ3v) is 4.63. The Morgan fingerprint density at radius 2 is 1.86 bits per heavy atom. The van der Waals surface area contributed by atoms with Gasteiger partial charge < -0.3 is 0 Å². The van der Waals surface area contributed by atoms with Crippen LogP contribution in [-0.2, 0) is 10.0 Å². The first-order valence-electron chi connectivity index (χ1n) is 5.52. The van der Waals surface area contributed by atoms with Gasteiger partial charge in [0.1, 0.15) is 5.82 Å². The molecule has 0 aliphatic heterocycles. The average molecular weight is 375 g/mol. The molecule has 21 heavy (non-hydrogen) atoms. The minimum absolute atomic E-state index is 0.219. The van der Waals surface area contributed by atoms with Crippen LogP contribution in [0.5, 0.6) is 0 Å². The first-order valence-corrected chi connectivity index (χ1v) is 7.80. The van der Waals surface area contributed by atoms with Crippen molar-refractivity contribution in [3.05, 3.63) is 62.9 Å². The fourth-order valence-corrected chi connectivity index (χ4v) is 3.35. The Hall–Kier alpha value is -2.00. The van der Waals surface area contributed by atoms with E-state index in [9.17, 15) is 22.9 Å². The highest BCUT2D eigenvalue weighted by molar-refractivity contribution is 9.10. The quantitative estimate of drug-likeness (QED) is 0.656. The molecule has 0 saturated heterocycles. The molecule has 0 aliphatic carbocycles. The maximum atomic E-state index is 13.1. The topological polar surface area (TPSA) is 89.3 Å². The smallest absolute Gasteiger partial charge is 0.278 e. The van der Waals surface area contributed by atoms with Crippen LogP contribution in [0, 0.1) is 15.9 Å². The van der Waals surface area contributed by atoms with Crippen molar-refractivity contribution in [2.45, 2.75) is 4.90 Å². The Balaban J connectivity index is 2.50. The molecule has 2 aromatic carbocycles. The van der Waals surface area contributed by atoms with Gasteiger partial charge in [-0.1, -0.05) is 12.1 Å². The highest BCUT2D eigenvalue weighted by Crippen LogP contribution is 2.29. The summed E-state index contributed by atoms with van der Waals surface area (Å²) in [6, 6.07) is 8.64. The fourth-order valence-electron chi connectivity index (χ4n) is 1.60. The third kappa shape index (κ3) is 3.37. The molecule has 110 valence electrons. The summed E-state index contributed by atoms with van der Waals surface area (Å²) in [5, 5.41) is 10.9. The minimum atomic E-state index is -4.22. The van der Waals surface area contributed by atoms with Crippen molar-refractivity contribution >= 4 is 37.3 Å². The van der Waals surface area contributed by atoms with Gasteiger partial charge in [0, 0.05) is 4.47 Å². The zero-order chi connectivity index (χ0) is 15.6. The number of sulfonamides is 1. The monoisotopic (exact) mass is 374 g/mol. The molecule has 9 heteroatoms. The van der Waals surface area contributed by atoms with Gasteiger partial charge in [0.15, 0.2) is 4.90 Å². The summed E-state index contributed by atoms with van der Waals surface area (Å²) in [4.78, 5) is 9.32. The van der Waals surface area contributed by atoms with Crippen LogP contribution >= 0.6 is 15.9 Å². The molecule has 6 nitrogen and oxygen atoms in total. The van der Waals surface area contributed by atoms with E-state index in [0.29, 0.717) is 10.5 Å². The zero-order valence-electron chi connectivity index (χ0n) is 10.3. The van der Waals surface area contributed by atoms with E-state index in [1.54, 1.807) is 18.2 Å². The maximum Gasteiger partial charge on any atom is 0.292 e. The number of hydrogen-bond acceptors (Lipinski definition) is 4. The lowest BCUT2D eigenvalue weighted by Gasteiger charge is -2.09. The normalized spacial score (nSPS) is 11.1. The Bertz CT molecular complexity index is 811. The van der Waals surface area contributed by atoms with Crippen LogP contribution in [0.4, 0.5) is 15.8 Å². The molecule has 0 unspecified atom stereocenters. The third-order valence-electron chi connectivity index (χ3n) is 2.53. The van der Waals surface area contributed by atoms with Crippen molar-refractivity contribution in [2.75, 3.05) is 4.72 Å². The van der Waals surface area contributed by atoms with E-state index in [4.69, 9.17) is 0 Å². The Labute approximate surface area is 127 Å². The molecule has 0 radical (unpaired) electrons. The number of nitro groups is 1. The number of rotatable bonds is 4. The van der Waals surface area contributed by atoms with E-state index in [0.717, 1.165) is 12.1 Å². The number of nitrogens with zero attached hydrogens (tertiary/aromatic N) is 1. The highest BCUT2D eigenvalue weighted by Gasteiger charge is 2.26. The molecule has 0 fully saturated rings. The summed E-state index contributed by atoms with van der Waals surface area (Å²) >= 11 is 3.16.